The predicted molar refractivity (Wildman–Crippen MR) is 124 cm³/mol. The van der Waals surface area contributed by atoms with Gasteiger partial charge in [0.2, 0.25) is 5.91 Å². The number of ether oxygens (including phenoxy) is 4. The van der Waals surface area contributed by atoms with Gasteiger partial charge >= 0.3 is 5.97 Å². The second-order valence-electron chi connectivity index (χ2n) is 7.88. The van der Waals surface area contributed by atoms with Crippen LogP contribution < -0.4 is 19.5 Å². The Morgan fingerprint density at radius 1 is 1.00 bits per heavy atom. The van der Waals surface area contributed by atoms with E-state index in [0.29, 0.717) is 30.2 Å². The molecule has 1 saturated heterocycles. The lowest BCUT2D eigenvalue weighted by Gasteiger charge is -2.17. The van der Waals surface area contributed by atoms with E-state index in [-0.39, 0.29) is 25.4 Å². The van der Waals surface area contributed by atoms with Crippen molar-refractivity contribution in [2.24, 2.45) is 5.92 Å². The molecule has 2 amide bonds. The summed E-state index contributed by atoms with van der Waals surface area (Å²) in [4.78, 5) is 38.5. The normalized spacial score (nSPS) is 15.1. The number of amides is 2. The van der Waals surface area contributed by atoms with Gasteiger partial charge in [0.15, 0.2) is 18.1 Å². The third-order valence-corrected chi connectivity index (χ3v) is 5.68. The van der Waals surface area contributed by atoms with Gasteiger partial charge in [-0.15, -0.1) is 0 Å². The van der Waals surface area contributed by atoms with Crippen LogP contribution in [0.1, 0.15) is 17.5 Å². The Kier molecular flexibility index (Phi) is 8.73. The molecule has 1 N–H and O–H groups in total. The van der Waals surface area contributed by atoms with Gasteiger partial charge in [0.25, 0.3) is 5.91 Å². The van der Waals surface area contributed by atoms with Gasteiger partial charge < -0.3 is 29.2 Å². The minimum absolute atomic E-state index is 0.0770. The fourth-order valence-electron chi connectivity index (χ4n) is 3.79. The van der Waals surface area contributed by atoms with Crippen LogP contribution in [0.5, 0.6) is 17.2 Å². The van der Waals surface area contributed by atoms with E-state index < -0.39 is 24.4 Å². The van der Waals surface area contributed by atoms with Crippen molar-refractivity contribution in [3.8, 4) is 17.2 Å². The first-order valence-electron chi connectivity index (χ1n) is 11.0. The van der Waals surface area contributed by atoms with Crippen LogP contribution in [-0.4, -0.2) is 63.7 Å². The summed E-state index contributed by atoms with van der Waals surface area (Å²) in [7, 11) is 4.70. The van der Waals surface area contributed by atoms with Crippen LogP contribution in [0.4, 0.5) is 0 Å². The summed E-state index contributed by atoms with van der Waals surface area (Å²) in [5.74, 6) is 0.264. The molecule has 3 rings (SSSR count). The lowest BCUT2D eigenvalue weighted by Crippen LogP contribution is -2.31. The van der Waals surface area contributed by atoms with Gasteiger partial charge in [-0.1, -0.05) is 24.3 Å². The highest BCUT2D eigenvalue weighted by Gasteiger charge is 2.35. The van der Waals surface area contributed by atoms with Crippen LogP contribution in [-0.2, 0) is 32.1 Å². The van der Waals surface area contributed by atoms with Crippen molar-refractivity contribution in [3.05, 3.63) is 53.6 Å². The maximum absolute atomic E-state index is 12.4. The molecule has 1 atom stereocenters. The molecule has 9 nitrogen and oxygen atoms in total. The largest absolute Gasteiger partial charge is 0.496 e. The number of nitrogens with zero attached hydrogens (tertiary/aromatic N) is 1. The van der Waals surface area contributed by atoms with Crippen LogP contribution in [0.3, 0.4) is 0 Å². The first kappa shape index (κ1) is 24.9. The number of para-hydroxylation sites is 1. The first-order chi connectivity index (χ1) is 16.4. The Balaban J connectivity index is 1.43. The van der Waals surface area contributed by atoms with Crippen LogP contribution in [0, 0.1) is 5.92 Å². The molecule has 2 aromatic rings. The molecular formula is C25H30N2O7. The fraction of sp³-hybridized carbons (Fsp3) is 0.400. The second-order valence-corrected chi connectivity index (χ2v) is 7.88. The van der Waals surface area contributed by atoms with Crippen molar-refractivity contribution in [1.82, 2.24) is 10.2 Å². The van der Waals surface area contributed by atoms with Crippen molar-refractivity contribution in [3.63, 3.8) is 0 Å². The molecule has 0 radical (unpaired) electrons. The molecule has 0 aromatic heterocycles. The molecule has 1 aliphatic heterocycles. The fourth-order valence-corrected chi connectivity index (χ4v) is 3.79. The first-order valence-corrected chi connectivity index (χ1v) is 11.0. The van der Waals surface area contributed by atoms with Crippen LogP contribution in [0.25, 0.3) is 0 Å². The van der Waals surface area contributed by atoms with Crippen LogP contribution in [0.2, 0.25) is 0 Å². The van der Waals surface area contributed by atoms with Gasteiger partial charge in [0, 0.05) is 31.6 Å². The maximum Gasteiger partial charge on any atom is 0.311 e. The lowest BCUT2D eigenvalue weighted by atomic mass is 10.1. The van der Waals surface area contributed by atoms with Gasteiger partial charge in [-0.2, -0.15) is 0 Å². The van der Waals surface area contributed by atoms with E-state index in [2.05, 4.69) is 5.32 Å². The van der Waals surface area contributed by atoms with Crippen molar-refractivity contribution in [1.29, 1.82) is 0 Å². The number of hydrogen-bond acceptors (Lipinski definition) is 7. The SMILES string of the molecule is COc1ccccc1CNC(=O)COC(=O)[C@H]1CC(=O)N(CCc2ccc(OC)c(OC)c2)C1. The average Bonchev–Trinajstić information content (AvgIpc) is 3.24. The standard InChI is InChI=1S/C25H30N2O7/c1-31-20-7-5-4-6-18(20)14-26-23(28)16-34-25(30)19-13-24(29)27(15-19)11-10-17-8-9-21(32-2)22(12-17)33-3/h4-9,12,19H,10-11,13-16H2,1-3H3,(H,26,28)/t19-/m0/s1. The number of rotatable bonds is 11. The van der Waals surface area contributed by atoms with E-state index in [0.717, 1.165) is 11.1 Å². The maximum atomic E-state index is 12.4. The minimum Gasteiger partial charge on any atom is -0.496 e. The topological polar surface area (TPSA) is 103 Å². The summed E-state index contributed by atoms with van der Waals surface area (Å²) < 4.78 is 21.0. The molecule has 9 heteroatoms. The Hall–Kier alpha value is -3.75. The summed E-state index contributed by atoms with van der Waals surface area (Å²) in [6, 6.07) is 12.9. The summed E-state index contributed by atoms with van der Waals surface area (Å²) >= 11 is 0. The van der Waals surface area contributed by atoms with Crippen molar-refractivity contribution < 1.29 is 33.3 Å². The quantitative estimate of drug-likeness (QED) is 0.501. The van der Waals surface area contributed by atoms with E-state index >= 15 is 0 Å². The highest BCUT2D eigenvalue weighted by atomic mass is 16.5. The smallest absolute Gasteiger partial charge is 0.311 e. The zero-order valence-corrected chi connectivity index (χ0v) is 19.7. The van der Waals surface area contributed by atoms with Crippen molar-refractivity contribution in [2.75, 3.05) is 41.0 Å². The molecule has 2 aromatic carbocycles. The highest BCUT2D eigenvalue weighted by Crippen LogP contribution is 2.28. The van der Waals surface area contributed by atoms with Gasteiger partial charge in [-0.25, -0.2) is 0 Å². The molecule has 182 valence electrons. The Bertz CT molecular complexity index is 1020. The van der Waals surface area contributed by atoms with E-state index in [4.69, 9.17) is 18.9 Å². The van der Waals surface area contributed by atoms with E-state index in [1.54, 1.807) is 32.3 Å². The molecule has 1 heterocycles. The lowest BCUT2D eigenvalue weighted by molar-refractivity contribution is -0.152. The Morgan fingerprint density at radius 3 is 2.47 bits per heavy atom. The molecule has 0 saturated carbocycles. The molecule has 0 bridgehead atoms. The number of benzene rings is 2. The zero-order chi connectivity index (χ0) is 24.5. The van der Waals surface area contributed by atoms with Crippen LogP contribution >= 0.6 is 0 Å². The highest BCUT2D eigenvalue weighted by molar-refractivity contribution is 5.88. The molecular weight excluding hydrogens is 440 g/mol. The van der Waals surface area contributed by atoms with Crippen LogP contribution in [0.15, 0.2) is 42.5 Å². The minimum atomic E-state index is -0.583. The number of nitrogens with one attached hydrogen (secondary N) is 1. The van der Waals surface area contributed by atoms with Crippen molar-refractivity contribution >= 4 is 17.8 Å². The number of carbonyl (C=O) groups is 3. The number of methoxy groups -OCH3 is 3. The third-order valence-electron chi connectivity index (χ3n) is 5.68. The Labute approximate surface area is 198 Å². The predicted octanol–water partition coefficient (Wildman–Crippen LogP) is 1.96. The number of carbonyl (C=O) groups excluding carboxylic acids is 3. The molecule has 1 fully saturated rings. The third kappa shape index (κ3) is 6.40. The number of esters is 1. The zero-order valence-electron chi connectivity index (χ0n) is 19.7. The second kappa shape index (κ2) is 11.9. The molecule has 0 aliphatic carbocycles. The summed E-state index contributed by atoms with van der Waals surface area (Å²) in [6.45, 7) is 0.599. The number of hydrogen-bond donors (Lipinski definition) is 1. The van der Waals surface area contributed by atoms with Gasteiger partial charge in [-0.3, -0.25) is 14.4 Å². The molecule has 1 aliphatic rings. The van der Waals surface area contributed by atoms with Crippen molar-refractivity contribution in [2.45, 2.75) is 19.4 Å². The van der Waals surface area contributed by atoms with Gasteiger partial charge in [0.05, 0.1) is 27.2 Å². The average molecular weight is 471 g/mol. The van der Waals surface area contributed by atoms with E-state index in [1.807, 2.05) is 36.4 Å². The van der Waals surface area contributed by atoms with Gasteiger partial charge in [-0.05, 0) is 30.2 Å². The molecule has 0 unspecified atom stereocenters. The Morgan fingerprint density at radius 2 is 1.74 bits per heavy atom. The van der Waals surface area contributed by atoms with Gasteiger partial charge in [0.1, 0.15) is 5.75 Å². The summed E-state index contributed by atoms with van der Waals surface area (Å²) in [6.07, 6.45) is 0.687. The summed E-state index contributed by atoms with van der Waals surface area (Å²) in [5, 5.41) is 2.70. The monoisotopic (exact) mass is 470 g/mol. The summed E-state index contributed by atoms with van der Waals surface area (Å²) in [5.41, 5.74) is 1.80. The van der Waals surface area contributed by atoms with E-state index in [9.17, 15) is 14.4 Å². The van der Waals surface area contributed by atoms with E-state index in [1.165, 1.54) is 0 Å². The number of likely N-dealkylation sites (tertiary alicyclic amines) is 1. The molecule has 34 heavy (non-hydrogen) atoms. The molecule has 0 spiro atoms.